The number of carbonyl (C=O) groups is 3. The SMILES string of the molecule is O=C(C1=NOC2C(=O)N(c3cccc([N+](=O)[O-])c3)C(=O)C12)c1ccccc1. The standard InChI is InChI=1S/C18H11N3O6/c22-15(10-5-2-1-3-6-10)14-13-16(27-19-14)18(24)20(17(13)23)11-7-4-8-12(9-11)21(25)26/h1-9,13,16H. The molecule has 27 heavy (non-hydrogen) atoms. The number of nitrogens with zero attached hydrogens (tertiary/aromatic N) is 3. The van der Waals surface area contributed by atoms with Crippen LogP contribution in [0.4, 0.5) is 11.4 Å². The molecule has 0 bridgehead atoms. The van der Waals surface area contributed by atoms with Gasteiger partial charge >= 0.3 is 0 Å². The number of anilines is 1. The second-order valence-corrected chi connectivity index (χ2v) is 5.96. The van der Waals surface area contributed by atoms with Gasteiger partial charge in [-0.15, -0.1) is 0 Å². The molecule has 2 aliphatic heterocycles. The summed E-state index contributed by atoms with van der Waals surface area (Å²) >= 11 is 0. The number of hydrogen-bond acceptors (Lipinski definition) is 7. The van der Waals surface area contributed by atoms with Gasteiger partial charge in [0.05, 0.1) is 10.6 Å². The molecule has 4 rings (SSSR count). The molecule has 2 heterocycles. The number of fused-ring (bicyclic) bond motifs is 1. The average Bonchev–Trinajstić information content (AvgIpc) is 3.22. The van der Waals surface area contributed by atoms with Crippen LogP contribution in [0.3, 0.4) is 0 Å². The summed E-state index contributed by atoms with van der Waals surface area (Å²) < 4.78 is 0. The summed E-state index contributed by atoms with van der Waals surface area (Å²) in [4.78, 5) is 54.3. The van der Waals surface area contributed by atoms with Crippen molar-refractivity contribution in [2.45, 2.75) is 6.10 Å². The fourth-order valence-corrected chi connectivity index (χ4v) is 3.10. The minimum atomic E-state index is -1.25. The molecular formula is C18H11N3O6. The van der Waals surface area contributed by atoms with Crippen molar-refractivity contribution < 1.29 is 24.1 Å². The molecule has 0 radical (unpaired) electrons. The largest absolute Gasteiger partial charge is 0.381 e. The number of carbonyl (C=O) groups excluding carboxylic acids is 3. The summed E-state index contributed by atoms with van der Waals surface area (Å²) in [6, 6.07) is 13.3. The first-order chi connectivity index (χ1) is 13.0. The Balaban J connectivity index is 1.68. The van der Waals surface area contributed by atoms with Crippen molar-refractivity contribution >= 4 is 34.7 Å². The molecule has 1 saturated heterocycles. The van der Waals surface area contributed by atoms with Crippen molar-refractivity contribution in [1.29, 1.82) is 0 Å². The molecule has 2 aromatic carbocycles. The van der Waals surface area contributed by atoms with Crippen molar-refractivity contribution in [3.63, 3.8) is 0 Å². The lowest BCUT2D eigenvalue weighted by atomic mass is 9.93. The Hall–Kier alpha value is -3.88. The summed E-state index contributed by atoms with van der Waals surface area (Å²) in [6.07, 6.45) is -1.25. The predicted octanol–water partition coefficient (Wildman–Crippen LogP) is 1.72. The Morgan fingerprint density at radius 3 is 2.52 bits per heavy atom. The van der Waals surface area contributed by atoms with E-state index in [1.165, 1.54) is 18.2 Å². The van der Waals surface area contributed by atoms with Gasteiger partial charge in [0.25, 0.3) is 11.6 Å². The Kier molecular flexibility index (Phi) is 3.76. The Morgan fingerprint density at radius 1 is 1.07 bits per heavy atom. The number of imide groups is 1. The molecule has 0 aromatic heterocycles. The molecule has 0 aliphatic carbocycles. The van der Waals surface area contributed by atoms with Crippen LogP contribution in [0.5, 0.6) is 0 Å². The van der Waals surface area contributed by atoms with E-state index in [4.69, 9.17) is 4.84 Å². The van der Waals surface area contributed by atoms with Gasteiger partial charge < -0.3 is 4.84 Å². The van der Waals surface area contributed by atoms with Crippen LogP contribution in [0, 0.1) is 16.0 Å². The van der Waals surface area contributed by atoms with E-state index in [-0.39, 0.29) is 17.1 Å². The fraction of sp³-hybridized carbons (Fsp3) is 0.111. The van der Waals surface area contributed by atoms with Gasteiger partial charge in [-0.2, -0.15) is 0 Å². The maximum absolute atomic E-state index is 12.8. The van der Waals surface area contributed by atoms with E-state index in [1.807, 2.05) is 0 Å². The molecule has 2 atom stereocenters. The summed E-state index contributed by atoms with van der Waals surface area (Å²) in [6.45, 7) is 0. The Labute approximate surface area is 152 Å². The van der Waals surface area contributed by atoms with Crippen LogP contribution in [-0.4, -0.2) is 34.3 Å². The molecule has 9 nitrogen and oxygen atoms in total. The minimum Gasteiger partial charge on any atom is -0.381 e. The van der Waals surface area contributed by atoms with Crippen LogP contribution in [-0.2, 0) is 14.4 Å². The number of benzene rings is 2. The summed E-state index contributed by atoms with van der Waals surface area (Å²) in [5, 5.41) is 14.6. The Morgan fingerprint density at radius 2 is 1.81 bits per heavy atom. The molecule has 2 amide bonds. The number of rotatable bonds is 4. The Bertz CT molecular complexity index is 1020. The van der Waals surface area contributed by atoms with Gasteiger partial charge in [0, 0.05) is 17.7 Å². The van der Waals surface area contributed by atoms with E-state index in [9.17, 15) is 24.5 Å². The van der Waals surface area contributed by atoms with Crippen LogP contribution in [0.15, 0.2) is 59.8 Å². The van der Waals surface area contributed by atoms with Gasteiger partial charge in [-0.3, -0.25) is 24.5 Å². The topological polar surface area (TPSA) is 119 Å². The number of nitro groups is 1. The van der Waals surface area contributed by atoms with E-state index in [0.717, 1.165) is 11.0 Å². The number of hydrogen-bond donors (Lipinski definition) is 0. The molecule has 1 fully saturated rings. The molecule has 9 heteroatoms. The third-order valence-electron chi connectivity index (χ3n) is 4.38. The molecule has 2 unspecified atom stereocenters. The first-order valence-electron chi connectivity index (χ1n) is 7.95. The summed E-state index contributed by atoms with van der Waals surface area (Å²) in [7, 11) is 0. The van der Waals surface area contributed by atoms with E-state index in [2.05, 4.69) is 5.16 Å². The second-order valence-electron chi connectivity index (χ2n) is 5.96. The predicted molar refractivity (Wildman–Crippen MR) is 92.2 cm³/mol. The van der Waals surface area contributed by atoms with Crippen molar-refractivity contribution in [3.05, 3.63) is 70.3 Å². The monoisotopic (exact) mass is 365 g/mol. The van der Waals surface area contributed by atoms with E-state index < -0.39 is 34.5 Å². The number of ketones is 1. The zero-order valence-electron chi connectivity index (χ0n) is 13.6. The fourth-order valence-electron chi connectivity index (χ4n) is 3.10. The molecule has 2 aliphatic rings. The maximum Gasteiger partial charge on any atom is 0.278 e. The van der Waals surface area contributed by atoms with E-state index in [0.29, 0.717) is 5.56 Å². The third kappa shape index (κ3) is 2.56. The molecular weight excluding hydrogens is 354 g/mol. The number of non-ortho nitro benzene ring substituents is 1. The summed E-state index contributed by atoms with van der Waals surface area (Å²) in [5.41, 5.74) is -0.0592. The van der Waals surface area contributed by atoms with E-state index >= 15 is 0 Å². The molecule has 2 aromatic rings. The molecule has 0 spiro atoms. The van der Waals surface area contributed by atoms with Gasteiger partial charge in [0.15, 0.2) is 0 Å². The van der Waals surface area contributed by atoms with Gasteiger partial charge in [-0.05, 0) is 6.07 Å². The molecule has 0 N–H and O–H groups in total. The third-order valence-corrected chi connectivity index (χ3v) is 4.38. The van der Waals surface area contributed by atoms with Gasteiger partial charge in [-0.25, -0.2) is 4.90 Å². The van der Waals surface area contributed by atoms with Crippen LogP contribution in [0.1, 0.15) is 10.4 Å². The van der Waals surface area contributed by atoms with Gasteiger partial charge in [0.2, 0.25) is 17.8 Å². The average molecular weight is 365 g/mol. The highest BCUT2D eigenvalue weighted by molar-refractivity contribution is 6.52. The van der Waals surface area contributed by atoms with Crippen molar-refractivity contribution in [2.75, 3.05) is 4.90 Å². The number of Topliss-reactive ketones (excluding diaryl/α,β-unsaturated/α-hetero) is 1. The zero-order chi connectivity index (χ0) is 19.1. The van der Waals surface area contributed by atoms with E-state index in [1.54, 1.807) is 30.3 Å². The number of amides is 2. The first-order valence-corrected chi connectivity index (χ1v) is 7.95. The summed E-state index contributed by atoms with van der Waals surface area (Å²) in [5.74, 6) is -3.11. The lowest BCUT2D eigenvalue weighted by Crippen LogP contribution is -2.34. The quantitative estimate of drug-likeness (QED) is 0.352. The first kappa shape index (κ1) is 16.6. The lowest BCUT2D eigenvalue weighted by Gasteiger charge is -2.14. The van der Waals surface area contributed by atoms with Crippen LogP contribution in [0.25, 0.3) is 0 Å². The van der Waals surface area contributed by atoms with Gasteiger partial charge in [-0.1, -0.05) is 41.6 Å². The highest BCUT2D eigenvalue weighted by atomic mass is 16.7. The minimum absolute atomic E-state index is 0.0451. The molecule has 134 valence electrons. The number of oxime groups is 1. The highest BCUT2D eigenvalue weighted by Crippen LogP contribution is 2.35. The number of nitro benzene ring substituents is 1. The zero-order valence-corrected chi connectivity index (χ0v) is 13.6. The maximum atomic E-state index is 12.8. The normalized spacial score (nSPS) is 20.9. The highest BCUT2D eigenvalue weighted by Gasteiger charge is 2.57. The molecule has 0 saturated carbocycles. The van der Waals surface area contributed by atoms with Crippen LogP contribution in [0.2, 0.25) is 0 Å². The second kappa shape index (κ2) is 6.13. The van der Waals surface area contributed by atoms with Crippen molar-refractivity contribution in [3.8, 4) is 0 Å². The van der Waals surface area contributed by atoms with Crippen LogP contribution < -0.4 is 4.90 Å². The van der Waals surface area contributed by atoms with Gasteiger partial charge in [0.1, 0.15) is 11.6 Å². The van der Waals surface area contributed by atoms with Crippen molar-refractivity contribution in [2.24, 2.45) is 11.1 Å². The van der Waals surface area contributed by atoms with Crippen molar-refractivity contribution in [1.82, 2.24) is 0 Å². The lowest BCUT2D eigenvalue weighted by molar-refractivity contribution is -0.384. The smallest absolute Gasteiger partial charge is 0.278 e. The van der Waals surface area contributed by atoms with Crippen LogP contribution >= 0.6 is 0 Å².